The molecule has 1 saturated heterocycles. The topological polar surface area (TPSA) is 29.5 Å². The van der Waals surface area contributed by atoms with Gasteiger partial charge in [0.25, 0.3) is 0 Å². The Morgan fingerprint density at radius 3 is 2.39 bits per heavy atom. The smallest absolute Gasteiger partial charge is 0.409 e. The van der Waals surface area contributed by atoms with Crippen molar-refractivity contribution in [2.45, 2.75) is 31.6 Å². The van der Waals surface area contributed by atoms with E-state index in [-0.39, 0.29) is 11.5 Å². The lowest BCUT2D eigenvalue weighted by Gasteiger charge is -2.41. The first-order chi connectivity index (χ1) is 8.72. The number of hydrogen-bond donors (Lipinski definition) is 0. The molecule has 1 aliphatic heterocycles. The highest BCUT2D eigenvalue weighted by molar-refractivity contribution is 5.67. The molecule has 1 aromatic carbocycles. The fraction of sp³-hybridized carbons (Fsp3) is 0.533. The van der Waals surface area contributed by atoms with Crippen LogP contribution in [0.25, 0.3) is 0 Å². The van der Waals surface area contributed by atoms with E-state index in [1.54, 1.807) is 4.90 Å². The third-order valence-corrected chi connectivity index (χ3v) is 4.22. The van der Waals surface area contributed by atoms with Crippen LogP contribution in [0.3, 0.4) is 0 Å². The molecule has 0 unspecified atom stereocenters. The Balaban J connectivity index is 2.12. The van der Waals surface area contributed by atoms with Crippen LogP contribution in [-0.4, -0.2) is 31.2 Å². The number of rotatable bonds is 2. The van der Waals surface area contributed by atoms with Gasteiger partial charge in [0.2, 0.25) is 0 Å². The summed E-state index contributed by atoms with van der Waals surface area (Å²) in [5.41, 5.74) is 1.63. The molecule has 0 bridgehead atoms. The zero-order valence-corrected chi connectivity index (χ0v) is 11.2. The predicted octanol–water partition coefficient (Wildman–Crippen LogP) is 3.20. The minimum Gasteiger partial charge on any atom is -0.453 e. The van der Waals surface area contributed by atoms with Crippen LogP contribution in [0.1, 0.15) is 31.7 Å². The van der Waals surface area contributed by atoms with Crippen LogP contribution in [0.2, 0.25) is 0 Å². The van der Waals surface area contributed by atoms with Crippen molar-refractivity contribution in [3.8, 4) is 0 Å². The van der Waals surface area contributed by atoms with Gasteiger partial charge >= 0.3 is 6.09 Å². The van der Waals surface area contributed by atoms with Crippen molar-refractivity contribution in [1.82, 2.24) is 4.90 Å². The Hall–Kier alpha value is -1.51. The monoisotopic (exact) mass is 247 g/mol. The summed E-state index contributed by atoms with van der Waals surface area (Å²) < 4.78 is 4.78. The molecule has 1 amide bonds. The number of nitrogens with zero attached hydrogens (tertiary/aromatic N) is 1. The highest BCUT2D eigenvalue weighted by Crippen LogP contribution is 2.38. The molecule has 98 valence electrons. The lowest BCUT2D eigenvalue weighted by atomic mass is 9.71. The van der Waals surface area contributed by atoms with Crippen molar-refractivity contribution in [1.29, 1.82) is 0 Å². The summed E-state index contributed by atoms with van der Waals surface area (Å²) in [6.07, 6.45) is 2.95. The van der Waals surface area contributed by atoms with Gasteiger partial charge in [0.1, 0.15) is 0 Å². The highest BCUT2D eigenvalue weighted by atomic mass is 16.5. The van der Waals surface area contributed by atoms with E-state index in [0.29, 0.717) is 0 Å². The number of piperidine rings is 1. The van der Waals surface area contributed by atoms with E-state index in [0.717, 1.165) is 32.4 Å². The second-order valence-corrected chi connectivity index (χ2v) is 4.96. The quantitative estimate of drug-likeness (QED) is 0.803. The van der Waals surface area contributed by atoms with Gasteiger partial charge in [0, 0.05) is 13.1 Å². The van der Waals surface area contributed by atoms with Gasteiger partial charge in [-0.2, -0.15) is 0 Å². The van der Waals surface area contributed by atoms with Crippen LogP contribution in [0.5, 0.6) is 0 Å². The Labute approximate surface area is 109 Å². The summed E-state index contributed by atoms with van der Waals surface area (Å²) in [6, 6.07) is 10.7. The molecule has 0 spiro atoms. The van der Waals surface area contributed by atoms with Crippen molar-refractivity contribution >= 4 is 6.09 Å². The molecular weight excluding hydrogens is 226 g/mol. The number of carbonyl (C=O) groups is 1. The zero-order chi connectivity index (χ0) is 13.0. The van der Waals surface area contributed by atoms with E-state index in [1.165, 1.54) is 12.7 Å². The summed E-state index contributed by atoms with van der Waals surface area (Å²) in [5.74, 6) is 0. The summed E-state index contributed by atoms with van der Waals surface area (Å²) in [4.78, 5) is 13.3. The Morgan fingerprint density at radius 2 is 1.89 bits per heavy atom. The largest absolute Gasteiger partial charge is 0.453 e. The SMILES string of the molecule is CCC1(c2ccccc2)CCN(C(=O)OC)CC1. The van der Waals surface area contributed by atoms with Crippen LogP contribution < -0.4 is 0 Å². The number of likely N-dealkylation sites (tertiary alicyclic amines) is 1. The number of hydrogen-bond acceptors (Lipinski definition) is 2. The summed E-state index contributed by atoms with van der Waals surface area (Å²) in [6.45, 7) is 3.81. The molecule has 1 heterocycles. The Kier molecular flexibility index (Phi) is 3.90. The average molecular weight is 247 g/mol. The molecule has 0 N–H and O–H groups in total. The first kappa shape index (κ1) is 12.9. The van der Waals surface area contributed by atoms with E-state index in [9.17, 15) is 4.79 Å². The predicted molar refractivity (Wildman–Crippen MR) is 71.6 cm³/mol. The fourth-order valence-electron chi connectivity index (χ4n) is 2.88. The molecule has 3 heteroatoms. The van der Waals surface area contributed by atoms with Crippen molar-refractivity contribution in [3.63, 3.8) is 0 Å². The number of amides is 1. The molecule has 0 aliphatic carbocycles. The molecular formula is C15H21NO2. The lowest BCUT2D eigenvalue weighted by Crippen LogP contribution is -2.44. The summed E-state index contributed by atoms with van der Waals surface area (Å²) >= 11 is 0. The Bertz CT molecular complexity index is 394. The lowest BCUT2D eigenvalue weighted by molar-refractivity contribution is 0.0981. The third kappa shape index (κ3) is 2.35. The molecule has 1 fully saturated rings. The van der Waals surface area contributed by atoms with Gasteiger partial charge in [0.15, 0.2) is 0 Å². The van der Waals surface area contributed by atoms with E-state index in [4.69, 9.17) is 4.74 Å². The number of carbonyl (C=O) groups excluding carboxylic acids is 1. The minimum atomic E-state index is -0.201. The minimum absolute atomic E-state index is 0.201. The second-order valence-electron chi connectivity index (χ2n) is 4.96. The maximum atomic E-state index is 11.5. The molecule has 18 heavy (non-hydrogen) atoms. The van der Waals surface area contributed by atoms with Crippen molar-refractivity contribution in [2.24, 2.45) is 0 Å². The summed E-state index contributed by atoms with van der Waals surface area (Å²) in [5, 5.41) is 0. The normalized spacial score (nSPS) is 18.4. The summed E-state index contributed by atoms with van der Waals surface area (Å²) in [7, 11) is 1.45. The maximum Gasteiger partial charge on any atom is 0.409 e. The van der Waals surface area contributed by atoms with Gasteiger partial charge in [-0.25, -0.2) is 4.79 Å². The van der Waals surface area contributed by atoms with Crippen molar-refractivity contribution in [2.75, 3.05) is 20.2 Å². The molecule has 3 nitrogen and oxygen atoms in total. The van der Waals surface area contributed by atoms with Gasteiger partial charge in [-0.15, -0.1) is 0 Å². The van der Waals surface area contributed by atoms with E-state index in [2.05, 4.69) is 37.3 Å². The number of benzene rings is 1. The van der Waals surface area contributed by atoms with Gasteiger partial charge in [-0.1, -0.05) is 37.3 Å². The van der Waals surface area contributed by atoms with E-state index < -0.39 is 0 Å². The standard InChI is InChI=1S/C15H21NO2/c1-3-15(13-7-5-4-6-8-13)9-11-16(12-10-15)14(17)18-2/h4-8H,3,9-12H2,1-2H3. The van der Waals surface area contributed by atoms with Gasteiger partial charge in [-0.3, -0.25) is 0 Å². The molecule has 1 aliphatic rings. The van der Waals surface area contributed by atoms with E-state index in [1.807, 2.05) is 0 Å². The zero-order valence-electron chi connectivity index (χ0n) is 11.2. The second kappa shape index (κ2) is 5.42. The van der Waals surface area contributed by atoms with Crippen LogP contribution in [0, 0.1) is 0 Å². The molecule has 1 aromatic rings. The molecule has 0 saturated carbocycles. The first-order valence-corrected chi connectivity index (χ1v) is 6.60. The average Bonchev–Trinajstić information content (AvgIpc) is 2.47. The van der Waals surface area contributed by atoms with Gasteiger partial charge in [0.05, 0.1) is 7.11 Å². The van der Waals surface area contributed by atoms with Gasteiger partial charge < -0.3 is 9.64 Å². The first-order valence-electron chi connectivity index (χ1n) is 6.60. The number of methoxy groups -OCH3 is 1. The molecule has 0 aromatic heterocycles. The van der Waals surface area contributed by atoms with Crippen LogP contribution >= 0.6 is 0 Å². The van der Waals surface area contributed by atoms with Crippen molar-refractivity contribution < 1.29 is 9.53 Å². The van der Waals surface area contributed by atoms with E-state index >= 15 is 0 Å². The fourth-order valence-corrected chi connectivity index (χ4v) is 2.88. The van der Waals surface area contributed by atoms with Gasteiger partial charge in [-0.05, 0) is 30.2 Å². The highest BCUT2D eigenvalue weighted by Gasteiger charge is 2.35. The third-order valence-electron chi connectivity index (χ3n) is 4.22. The molecule has 0 atom stereocenters. The van der Waals surface area contributed by atoms with Crippen LogP contribution in [-0.2, 0) is 10.2 Å². The number of ether oxygens (including phenoxy) is 1. The Morgan fingerprint density at radius 1 is 1.28 bits per heavy atom. The van der Waals surface area contributed by atoms with Crippen molar-refractivity contribution in [3.05, 3.63) is 35.9 Å². The molecule has 0 radical (unpaired) electrons. The van der Waals surface area contributed by atoms with Crippen LogP contribution in [0.4, 0.5) is 4.79 Å². The molecule has 2 rings (SSSR count). The maximum absolute atomic E-state index is 11.5. The van der Waals surface area contributed by atoms with Crippen LogP contribution in [0.15, 0.2) is 30.3 Å².